The van der Waals surface area contributed by atoms with Crippen molar-refractivity contribution in [3.05, 3.63) is 0 Å². The molecular formula is C11H24N2O3S. The molecule has 102 valence electrons. The van der Waals surface area contributed by atoms with Crippen LogP contribution in [0.25, 0.3) is 0 Å². The van der Waals surface area contributed by atoms with E-state index >= 15 is 0 Å². The Morgan fingerprint density at radius 2 is 1.76 bits per heavy atom. The van der Waals surface area contributed by atoms with Gasteiger partial charge in [0.2, 0.25) is 15.9 Å². The molecule has 1 amide bonds. The molecule has 1 N–H and O–H groups in total. The number of hydrogen-bond acceptors (Lipinski definition) is 3. The van der Waals surface area contributed by atoms with Gasteiger partial charge in [-0.25, -0.2) is 12.7 Å². The van der Waals surface area contributed by atoms with Crippen molar-refractivity contribution in [2.75, 3.05) is 25.9 Å². The van der Waals surface area contributed by atoms with Crippen molar-refractivity contribution >= 4 is 15.9 Å². The summed E-state index contributed by atoms with van der Waals surface area (Å²) in [5.41, 5.74) is -0.444. The quantitative estimate of drug-likeness (QED) is 0.772. The summed E-state index contributed by atoms with van der Waals surface area (Å²) in [7, 11) is -3.18. The van der Waals surface area contributed by atoms with E-state index in [1.807, 2.05) is 27.7 Å². The molecule has 0 aromatic heterocycles. The van der Waals surface area contributed by atoms with Crippen LogP contribution in [0, 0.1) is 5.41 Å². The molecular weight excluding hydrogens is 240 g/mol. The van der Waals surface area contributed by atoms with Gasteiger partial charge in [-0.2, -0.15) is 0 Å². The van der Waals surface area contributed by atoms with Crippen LogP contribution >= 0.6 is 0 Å². The summed E-state index contributed by atoms with van der Waals surface area (Å²) >= 11 is 0. The monoisotopic (exact) mass is 264 g/mol. The third-order valence-corrected chi connectivity index (χ3v) is 3.57. The van der Waals surface area contributed by atoms with Crippen LogP contribution in [0.3, 0.4) is 0 Å². The molecule has 0 aliphatic carbocycles. The summed E-state index contributed by atoms with van der Waals surface area (Å²) in [4.78, 5) is 11.6. The van der Waals surface area contributed by atoms with Crippen LogP contribution in [0.1, 0.15) is 34.1 Å². The van der Waals surface area contributed by atoms with E-state index in [1.165, 1.54) is 10.6 Å². The minimum Gasteiger partial charge on any atom is -0.354 e. The highest BCUT2D eigenvalue weighted by atomic mass is 32.2. The van der Waals surface area contributed by atoms with Gasteiger partial charge in [-0.1, -0.05) is 27.7 Å². The molecule has 0 heterocycles. The lowest BCUT2D eigenvalue weighted by molar-refractivity contribution is -0.128. The number of rotatable bonds is 6. The molecule has 0 radical (unpaired) electrons. The molecule has 0 spiro atoms. The fourth-order valence-corrected chi connectivity index (χ4v) is 2.19. The zero-order valence-corrected chi connectivity index (χ0v) is 12.2. The maximum absolute atomic E-state index is 11.6. The van der Waals surface area contributed by atoms with E-state index in [0.717, 1.165) is 6.42 Å². The van der Waals surface area contributed by atoms with Gasteiger partial charge in [-0.15, -0.1) is 0 Å². The minimum atomic E-state index is -3.18. The average molecular weight is 264 g/mol. The maximum atomic E-state index is 11.6. The first-order valence-electron chi connectivity index (χ1n) is 5.82. The summed E-state index contributed by atoms with van der Waals surface area (Å²) in [6, 6.07) is 0. The molecule has 0 rings (SSSR count). The van der Waals surface area contributed by atoms with E-state index in [4.69, 9.17) is 0 Å². The topological polar surface area (TPSA) is 66.5 Å². The van der Waals surface area contributed by atoms with Crippen LogP contribution in [0.15, 0.2) is 0 Å². The van der Waals surface area contributed by atoms with E-state index in [-0.39, 0.29) is 5.91 Å². The Morgan fingerprint density at radius 1 is 1.24 bits per heavy atom. The first kappa shape index (κ1) is 16.4. The van der Waals surface area contributed by atoms with E-state index < -0.39 is 15.4 Å². The number of nitrogens with zero attached hydrogens (tertiary/aromatic N) is 1. The van der Waals surface area contributed by atoms with Gasteiger partial charge in [-0.3, -0.25) is 4.79 Å². The number of amides is 1. The molecule has 17 heavy (non-hydrogen) atoms. The Kier molecular flexibility index (Phi) is 6.12. The van der Waals surface area contributed by atoms with Crippen LogP contribution in [-0.4, -0.2) is 44.5 Å². The Morgan fingerprint density at radius 3 is 2.12 bits per heavy atom. The molecule has 0 aromatic rings. The second kappa shape index (κ2) is 6.35. The molecule has 0 fully saturated rings. The van der Waals surface area contributed by atoms with Crippen molar-refractivity contribution in [1.82, 2.24) is 9.62 Å². The Hall–Kier alpha value is -0.620. The number of sulfonamides is 1. The summed E-state index contributed by atoms with van der Waals surface area (Å²) < 4.78 is 24.2. The number of nitrogens with one attached hydrogen (secondary N) is 1. The SMILES string of the molecule is CCCN(CCNC(=O)C(C)(C)C)S(C)(=O)=O. The molecule has 5 nitrogen and oxygen atoms in total. The van der Waals surface area contributed by atoms with Crippen LogP contribution < -0.4 is 5.32 Å². The van der Waals surface area contributed by atoms with E-state index in [2.05, 4.69) is 5.32 Å². The summed E-state index contributed by atoms with van der Waals surface area (Å²) in [6.07, 6.45) is 1.95. The molecule has 0 saturated carbocycles. The second-order valence-corrected chi connectivity index (χ2v) is 7.15. The first-order chi connectivity index (χ1) is 7.59. The summed E-state index contributed by atoms with van der Waals surface area (Å²) in [5, 5.41) is 2.74. The standard InChI is InChI=1S/C11H24N2O3S/c1-6-8-13(17(5,15)16)9-7-12-10(14)11(2,3)4/h6-9H2,1-5H3,(H,12,14). The van der Waals surface area contributed by atoms with Gasteiger partial charge < -0.3 is 5.32 Å². The summed E-state index contributed by atoms with van der Waals surface area (Å²) in [6.45, 7) is 8.56. The fourth-order valence-electron chi connectivity index (χ4n) is 1.25. The highest BCUT2D eigenvalue weighted by Crippen LogP contribution is 2.12. The number of hydrogen-bond donors (Lipinski definition) is 1. The third-order valence-electron chi connectivity index (χ3n) is 2.27. The van der Waals surface area contributed by atoms with Crippen LogP contribution in [0.2, 0.25) is 0 Å². The van der Waals surface area contributed by atoms with Crippen molar-refractivity contribution in [2.45, 2.75) is 34.1 Å². The van der Waals surface area contributed by atoms with Gasteiger partial charge in [0, 0.05) is 25.0 Å². The predicted octanol–water partition coefficient (Wildman–Crippen LogP) is 0.820. The van der Waals surface area contributed by atoms with Gasteiger partial charge >= 0.3 is 0 Å². The molecule has 0 unspecified atom stereocenters. The predicted molar refractivity (Wildman–Crippen MR) is 69.2 cm³/mol. The molecule has 0 aliphatic heterocycles. The molecule has 0 aromatic carbocycles. The Bertz CT molecular complexity index is 344. The van der Waals surface area contributed by atoms with Crippen LogP contribution in [0.5, 0.6) is 0 Å². The lowest BCUT2D eigenvalue weighted by atomic mass is 9.96. The minimum absolute atomic E-state index is 0.0672. The van der Waals surface area contributed by atoms with Crippen molar-refractivity contribution in [1.29, 1.82) is 0 Å². The van der Waals surface area contributed by atoms with Gasteiger partial charge in [-0.05, 0) is 6.42 Å². The molecule has 0 aliphatic rings. The highest BCUT2D eigenvalue weighted by Gasteiger charge is 2.21. The molecule has 0 bridgehead atoms. The lowest BCUT2D eigenvalue weighted by Crippen LogP contribution is -2.41. The van der Waals surface area contributed by atoms with Gasteiger partial charge in [0.25, 0.3) is 0 Å². The smallest absolute Gasteiger partial charge is 0.225 e. The number of carbonyl (C=O) groups is 1. The average Bonchev–Trinajstić information content (AvgIpc) is 2.13. The van der Waals surface area contributed by atoms with E-state index in [1.54, 1.807) is 0 Å². The van der Waals surface area contributed by atoms with Crippen molar-refractivity contribution in [3.63, 3.8) is 0 Å². The largest absolute Gasteiger partial charge is 0.354 e. The second-order valence-electron chi connectivity index (χ2n) is 5.17. The summed E-state index contributed by atoms with van der Waals surface area (Å²) in [5.74, 6) is -0.0672. The van der Waals surface area contributed by atoms with Crippen molar-refractivity contribution in [3.8, 4) is 0 Å². The van der Waals surface area contributed by atoms with E-state index in [9.17, 15) is 13.2 Å². The zero-order chi connectivity index (χ0) is 13.7. The molecule has 0 atom stereocenters. The van der Waals surface area contributed by atoms with Gasteiger partial charge in [0.1, 0.15) is 0 Å². The number of carbonyl (C=O) groups excluding carboxylic acids is 1. The highest BCUT2D eigenvalue weighted by molar-refractivity contribution is 7.88. The Balaban J connectivity index is 4.22. The zero-order valence-electron chi connectivity index (χ0n) is 11.4. The van der Waals surface area contributed by atoms with E-state index in [0.29, 0.717) is 19.6 Å². The third kappa shape index (κ3) is 6.63. The normalized spacial score (nSPS) is 12.8. The van der Waals surface area contributed by atoms with Gasteiger partial charge in [0.15, 0.2) is 0 Å². The maximum Gasteiger partial charge on any atom is 0.225 e. The van der Waals surface area contributed by atoms with Crippen molar-refractivity contribution < 1.29 is 13.2 Å². The fraction of sp³-hybridized carbons (Fsp3) is 0.909. The molecule has 6 heteroatoms. The van der Waals surface area contributed by atoms with Crippen molar-refractivity contribution in [2.24, 2.45) is 5.41 Å². The lowest BCUT2D eigenvalue weighted by Gasteiger charge is -2.21. The van der Waals surface area contributed by atoms with Crippen LogP contribution in [0.4, 0.5) is 0 Å². The van der Waals surface area contributed by atoms with Gasteiger partial charge in [0.05, 0.1) is 6.26 Å². The first-order valence-corrected chi connectivity index (χ1v) is 7.67. The van der Waals surface area contributed by atoms with Crippen LogP contribution in [-0.2, 0) is 14.8 Å². The molecule has 0 saturated heterocycles. The Labute approximate surface area is 105 Å².